The van der Waals surface area contributed by atoms with Gasteiger partial charge in [0.25, 0.3) is 0 Å². The van der Waals surface area contributed by atoms with E-state index in [0.717, 1.165) is 0 Å². The number of aliphatic hydroxyl groups excluding tert-OH is 1. The molecular formula is C10H14N4O4. The van der Waals surface area contributed by atoms with Crippen molar-refractivity contribution in [3.8, 4) is 0 Å². The van der Waals surface area contributed by atoms with Crippen molar-refractivity contribution in [1.29, 1.82) is 0 Å². The lowest BCUT2D eigenvalue weighted by Gasteiger charge is -2.24. The van der Waals surface area contributed by atoms with Crippen LogP contribution in [0.3, 0.4) is 0 Å². The maximum atomic E-state index is 12.2. The molecule has 1 amide bonds. The van der Waals surface area contributed by atoms with Crippen LogP contribution in [0.4, 0.5) is 0 Å². The van der Waals surface area contributed by atoms with E-state index >= 15 is 0 Å². The van der Waals surface area contributed by atoms with Crippen LogP contribution in [-0.4, -0.2) is 60.4 Å². The Hall–Kier alpha value is -1.96. The average Bonchev–Trinajstić information content (AvgIpc) is 2.95. The lowest BCUT2D eigenvalue weighted by atomic mass is 10.2. The maximum absolute atomic E-state index is 12.2. The summed E-state index contributed by atoms with van der Waals surface area (Å²) in [4.78, 5) is 28.1. The molecule has 2 N–H and O–H groups in total. The highest BCUT2D eigenvalue weighted by Gasteiger charge is 2.40. The second-order valence-corrected chi connectivity index (χ2v) is 4.29. The zero-order chi connectivity index (χ0) is 13.3. The van der Waals surface area contributed by atoms with Crippen LogP contribution in [0.1, 0.15) is 19.4 Å². The maximum Gasteiger partial charge on any atom is 0.326 e. The van der Waals surface area contributed by atoms with E-state index in [0.29, 0.717) is 0 Å². The van der Waals surface area contributed by atoms with Crippen molar-refractivity contribution in [2.24, 2.45) is 0 Å². The van der Waals surface area contributed by atoms with Gasteiger partial charge < -0.3 is 15.1 Å². The Morgan fingerprint density at radius 1 is 1.50 bits per heavy atom. The number of carboxylic acids is 1. The topological polar surface area (TPSA) is 109 Å². The summed E-state index contributed by atoms with van der Waals surface area (Å²) < 4.78 is 1.35. The number of rotatable bonds is 3. The fraction of sp³-hybridized carbons (Fsp3) is 0.600. The Balaban J connectivity index is 2.15. The van der Waals surface area contributed by atoms with E-state index in [1.54, 1.807) is 6.92 Å². The summed E-state index contributed by atoms with van der Waals surface area (Å²) >= 11 is 0. The number of β-amino-alcohol motifs (C(OH)–C–C–N with tert-alkyl or cyclic N) is 1. The van der Waals surface area contributed by atoms with E-state index in [9.17, 15) is 14.7 Å². The van der Waals surface area contributed by atoms with E-state index in [-0.39, 0.29) is 18.9 Å². The first kappa shape index (κ1) is 12.5. The molecule has 1 aliphatic heterocycles. The Bertz CT molecular complexity index is 447. The molecule has 98 valence electrons. The van der Waals surface area contributed by atoms with Crippen molar-refractivity contribution in [2.75, 3.05) is 6.54 Å². The lowest BCUT2D eigenvalue weighted by Crippen LogP contribution is -2.43. The normalized spacial score (nSPS) is 25.1. The van der Waals surface area contributed by atoms with E-state index in [4.69, 9.17) is 5.11 Å². The van der Waals surface area contributed by atoms with Gasteiger partial charge in [0.2, 0.25) is 5.91 Å². The molecule has 1 aliphatic rings. The number of likely N-dealkylation sites (tertiary alicyclic amines) is 1. The summed E-state index contributed by atoms with van der Waals surface area (Å²) in [6.45, 7) is 1.65. The molecule has 2 heterocycles. The highest BCUT2D eigenvalue weighted by Crippen LogP contribution is 2.21. The molecule has 8 heteroatoms. The van der Waals surface area contributed by atoms with Gasteiger partial charge in [0, 0.05) is 13.0 Å². The number of carbonyl (C=O) groups is 2. The summed E-state index contributed by atoms with van der Waals surface area (Å²) in [6, 6.07) is -1.61. The van der Waals surface area contributed by atoms with Crippen LogP contribution in [0, 0.1) is 0 Å². The third-order valence-corrected chi connectivity index (χ3v) is 3.04. The number of hydrogen-bond donors (Lipinski definition) is 2. The molecule has 2 rings (SSSR count). The van der Waals surface area contributed by atoms with Gasteiger partial charge in [-0.25, -0.2) is 14.5 Å². The van der Waals surface area contributed by atoms with E-state index in [1.165, 1.54) is 22.2 Å². The summed E-state index contributed by atoms with van der Waals surface area (Å²) in [6.07, 6.45) is 1.96. The van der Waals surface area contributed by atoms with Crippen molar-refractivity contribution in [3.05, 3.63) is 12.7 Å². The number of amides is 1. The van der Waals surface area contributed by atoms with Crippen molar-refractivity contribution in [3.63, 3.8) is 0 Å². The highest BCUT2D eigenvalue weighted by molar-refractivity contribution is 5.86. The number of aliphatic hydroxyl groups is 1. The highest BCUT2D eigenvalue weighted by atomic mass is 16.4. The smallest absolute Gasteiger partial charge is 0.326 e. The summed E-state index contributed by atoms with van der Waals surface area (Å²) in [5.74, 6) is -1.49. The Kier molecular flexibility index (Phi) is 3.28. The van der Waals surface area contributed by atoms with Crippen LogP contribution < -0.4 is 0 Å². The minimum Gasteiger partial charge on any atom is -0.480 e. The molecule has 1 aromatic rings. The van der Waals surface area contributed by atoms with E-state index in [1.807, 2.05) is 0 Å². The predicted molar refractivity (Wildman–Crippen MR) is 58.5 cm³/mol. The predicted octanol–water partition coefficient (Wildman–Crippen LogP) is -1.11. The zero-order valence-electron chi connectivity index (χ0n) is 9.80. The van der Waals surface area contributed by atoms with Crippen molar-refractivity contribution < 1.29 is 19.8 Å². The molecule has 8 nitrogen and oxygen atoms in total. The molecule has 0 spiro atoms. The van der Waals surface area contributed by atoms with Crippen LogP contribution in [0.2, 0.25) is 0 Å². The monoisotopic (exact) mass is 254 g/mol. The molecule has 1 saturated heterocycles. The number of nitrogens with zero attached hydrogens (tertiary/aromatic N) is 4. The molecule has 1 fully saturated rings. The quantitative estimate of drug-likeness (QED) is 0.707. The molecule has 0 saturated carbocycles. The van der Waals surface area contributed by atoms with E-state index < -0.39 is 24.2 Å². The second kappa shape index (κ2) is 4.73. The van der Waals surface area contributed by atoms with Gasteiger partial charge in [0.15, 0.2) is 0 Å². The minimum atomic E-state index is -1.11. The Morgan fingerprint density at radius 3 is 2.78 bits per heavy atom. The van der Waals surface area contributed by atoms with Crippen molar-refractivity contribution in [1.82, 2.24) is 19.7 Å². The van der Waals surface area contributed by atoms with Gasteiger partial charge in [0.1, 0.15) is 24.7 Å². The Labute approximate surface area is 103 Å². The number of carboxylic acid groups (broad SMARTS) is 1. The second-order valence-electron chi connectivity index (χ2n) is 4.29. The molecular weight excluding hydrogens is 240 g/mol. The van der Waals surface area contributed by atoms with Crippen LogP contribution in [0.5, 0.6) is 0 Å². The summed E-state index contributed by atoms with van der Waals surface area (Å²) in [5, 5.41) is 22.4. The minimum absolute atomic E-state index is 0.0365. The molecule has 18 heavy (non-hydrogen) atoms. The van der Waals surface area contributed by atoms with Gasteiger partial charge in [-0.3, -0.25) is 4.79 Å². The van der Waals surface area contributed by atoms with Crippen LogP contribution in [0.25, 0.3) is 0 Å². The zero-order valence-corrected chi connectivity index (χ0v) is 9.80. The number of aromatic nitrogens is 3. The first-order chi connectivity index (χ1) is 8.50. The molecule has 0 radical (unpaired) electrons. The molecule has 0 aromatic carbocycles. The van der Waals surface area contributed by atoms with Gasteiger partial charge in [-0.15, -0.1) is 0 Å². The SMILES string of the molecule is CC(C(=O)N1CC(O)CC1C(=O)O)n1cncn1. The van der Waals surface area contributed by atoms with Crippen LogP contribution >= 0.6 is 0 Å². The van der Waals surface area contributed by atoms with Gasteiger partial charge in [-0.2, -0.15) is 5.10 Å². The number of aliphatic carboxylic acids is 1. The molecule has 0 bridgehead atoms. The van der Waals surface area contributed by atoms with Gasteiger partial charge >= 0.3 is 5.97 Å². The largest absolute Gasteiger partial charge is 0.480 e. The lowest BCUT2D eigenvalue weighted by molar-refractivity contribution is -0.149. The van der Waals surface area contributed by atoms with Gasteiger partial charge in [0.05, 0.1) is 6.10 Å². The third-order valence-electron chi connectivity index (χ3n) is 3.04. The molecule has 1 aromatic heterocycles. The first-order valence-electron chi connectivity index (χ1n) is 5.56. The first-order valence-corrected chi connectivity index (χ1v) is 5.56. The summed E-state index contributed by atoms with van der Waals surface area (Å²) in [5.41, 5.74) is 0. The van der Waals surface area contributed by atoms with Gasteiger partial charge in [-0.05, 0) is 6.92 Å². The fourth-order valence-corrected chi connectivity index (χ4v) is 2.06. The molecule has 0 aliphatic carbocycles. The molecule has 3 atom stereocenters. The Morgan fingerprint density at radius 2 is 2.22 bits per heavy atom. The van der Waals surface area contributed by atoms with Crippen molar-refractivity contribution in [2.45, 2.75) is 31.5 Å². The van der Waals surface area contributed by atoms with Crippen LogP contribution in [0.15, 0.2) is 12.7 Å². The average molecular weight is 254 g/mol. The van der Waals surface area contributed by atoms with Crippen molar-refractivity contribution >= 4 is 11.9 Å². The summed E-state index contributed by atoms with van der Waals surface area (Å²) in [7, 11) is 0. The van der Waals surface area contributed by atoms with Gasteiger partial charge in [-0.1, -0.05) is 0 Å². The van der Waals surface area contributed by atoms with E-state index in [2.05, 4.69) is 10.1 Å². The standard InChI is InChI=1S/C10H14N4O4/c1-6(14-5-11-4-12-14)9(16)13-3-7(15)2-8(13)10(17)18/h4-8,15H,2-3H2,1H3,(H,17,18). The molecule has 3 unspecified atom stereocenters. The fourth-order valence-electron chi connectivity index (χ4n) is 2.06. The number of hydrogen-bond acceptors (Lipinski definition) is 5. The third kappa shape index (κ3) is 2.19. The number of carbonyl (C=O) groups excluding carboxylic acids is 1. The van der Waals surface area contributed by atoms with Crippen LogP contribution in [-0.2, 0) is 9.59 Å².